The average molecular weight is 297 g/mol. The van der Waals surface area contributed by atoms with Gasteiger partial charge >= 0.3 is 0 Å². The molecule has 0 aromatic carbocycles. The number of hydrogen-bond acceptors (Lipinski definition) is 3. The number of likely N-dealkylation sites (tertiary alicyclic amines) is 1. The van der Waals surface area contributed by atoms with Crippen LogP contribution in [-0.2, 0) is 9.59 Å². The first kappa shape index (κ1) is 18.0. The summed E-state index contributed by atoms with van der Waals surface area (Å²) in [5.74, 6) is 0.279. The Morgan fingerprint density at radius 2 is 1.76 bits per heavy atom. The van der Waals surface area contributed by atoms with Crippen molar-refractivity contribution in [3.8, 4) is 0 Å². The first-order chi connectivity index (χ1) is 9.61. The standard InChI is InChI=1S/C16H31N3O2/c1-12(2)17-14(20)11-19-9-7-13(8-10-19)18(6)15(21)16(3,4)5/h12-13H,7-11H2,1-6H3,(H,17,20). The van der Waals surface area contributed by atoms with E-state index in [1.807, 2.05) is 46.6 Å². The Morgan fingerprint density at radius 3 is 2.19 bits per heavy atom. The predicted octanol–water partition coefficient (Wildman–Crippen LogP) is 1.48. The van der Waals surface area contributed by atoms with Gasteiger partial charge in [0.25, 0.3) is 0 Å². The maximum absolute atomic E-state index is 12.3. The Morgan fingerprint density at radius 1 is 1.24 bits per heavy atom. The van der Waals surface area contributed by atoms with Crippen LogP contribution < -0.4 is 5.32 Å². The normalized spacial score (nSPS) is 17.9. The second kappa shape index (κ2) is 7.25. The number of nitrogens with one attached hydrogen (secondary N) is 1. The molecule has 0 atom stereocenters. The van der Waals surface area contributed by atoms with Crippen molar-refractivity contribution >= 4 is 11.8 Å². The average Bonchev–Trinajstić information content (AvgIpc) is 2.35. The van der Waals surface area contributed by atoms with Crippen molar-refractivity contribution in [2.75, 3.05) is 26.7 Å². The van der Waals surface area contributed by atoms with Crippen LogP contribution in [0.25, 0.3) is 0 Å². The molecule has 1 aliphatic heterocycles. The van der Waals surface area contributed by atoms with E-state index >= 15 is 0 Å². The highest BCUT2D eigenvalue weighted by molar-refractivity contribution is 5.81. The Labute approximate surface area is 129 Å². The van der Waals surface area contributed by atoms with E-state index in [4.69, 9.17) is 0 Å². The zero-order valence-corrected chi connectivity index (χ0v) is 14.4. The van der Waals surface area contributed by atoms with E-state index in [1.165, 1.54) is 0 Å². The number of rotatable bonds is 4. The van der Waals surface area contributed by atoms with E-state index in [1.54, 1.807) is 0 Å². The van der Waals surface area contributed by atoms with Crippen molar-refractivity contribution in [1.82, 2.24) is 15.1 Å². The molecule has 1 aliphatic rings. The summed E-state index contributed by atoms with van der Waals surface area (Å²) in [4.78, 5) is 28.1. The summed E-state index contributed by atoms with van der Waals surface area (Å²) < 4.78 is 0. The van der Waals surface area contributed by atoms with Gasteiger partial charge in [-0.25, -0.2) is 0 Å². The minimum atomic E-state index is -0.330. The summed E-state index contributed by atoms with van der Waals surface area (Å²) in [5, 5.41) is 2.92. The van der Waals surface area contributed by atoms with Gasteiger partial charge in [0.1, 0.15) is 0 Å². The Hall–Kier alpha value is -1.10. The Bertz CT molecular complexity index is 366. The van der Waals surface area contributed by atoms with Crippen LogP contribution in [0.5, 0.6) is 0 Å². The topological polar surface area (TPSA) is 52.7 Å². The number of hydrogen-bond donors (Lipinski definition) is 1. The summed E-state index contributed by atoms with van der Waals surface area (Å²) in [6.07, 6.45) is 1.88. The van der Waals surface area contributed by atoms with Gasteiger partial charge in [-0.15, -0.1) is 0 Å². The number of nitrogens with zero attached hydrogens (tertiary/aromatic N) is 2. The molecular formula is C16H31N3O2. The molecule has 0 radical (unpaired) electrons. The second-order valence-electron chi connectivity index (χ2n) is 7.40. The summed E-state index contributed by atoms with van der Waals surface area (Å²) >= 11 is 0. The lowest BCUT2D eigenvalue weighted by Crippen LogP contribution is -2.50. The van der Waals surface area contributed by atoms with Crippen molar-refractivity contribution in [3.05, 3.63) is 0 Å². The molecule has 2 amide bonds. The second-order valence-corrected chi connectivity index (χ2v) is 7.40. The van der Waals surface area contributed by atoms with Crippen molar-refractivity contribution in [1.29, 1.82) is 0 Å². The van der Waals surface area contributed by atoms with Crippen LogP contribution in [-0.4, -0.2) is 60.4 Å². The SMILES string of the molecule is CC(C)NC(=O)CN1CCC(N(C)C(=O)C(C)(C)C)CC1. The molecule has 0 aromatic heterocycles. The monoisotopic (exact) mass is 297 g/mol. The number of amides is 2. The largest absolute Gasteiger partial charge is 0.353 e. The minimum absolute atomic E-state index is 0.0857. The van der Waals surface area contributed by atoms with Crippen molar-refractivity contribution < 1.29 is 9.59 Å². The van der Waals surface area contributed by atoms with Crippen LogP contribution in [0.2, 0.25) is 0 Å². The van der Waals surface area contributed by atoms with E-state index in [0.29, 0.717) is 12.6 Å². The molecule has 0 spiro atoms. The highest BCUT2D eigenvalue weighted by Gasteiger charge is 2.31. The highest BCUT2D eigenvalue weighted by Crippen LogP contribution is 2.22. The summed E-state index contributed by atoms with van der Waals surface area (Å²) in [5.41, 5.74) is -0.330. The zero-order valence-electron chi connectivity index (χ0n) is 14.4. The quantitative estimate of drug-likeness (QED) is 0.855. The van der Waals surface area contributed by atoms with Crippen LogP contribution in [0.4, 0.5) is 0 Å². The lowest BCUT2D eigenvalue weighted by Gasteiger charge is -2.38. The van der Waals surface area contributed by atoms with Crippen molar-refractivity contribution in [2.24, 2.45) is 5.41 Å². The fourth-order valence-corrected chi connectivity index (χ4v) is 2.73. The number of carbonyl (C=O) groups excluding carboxylic acids is 2. The summed E-state index contributed by atoms with van der Waals surface area (Å²) in [6, 6.07) is 0.478. The molecule has 1 N–H and O–H groups in total. The van der Waals surface area contributed by atoms with Crippen LogP contribution >= 0.6 is 0 Å². The fraction of sp³-hybridized carbons (Fsp3) is 0.875. The van der Waals surface area contributed by atoms with Gasteiger partial charge in [-0.05, 0) is 26.7 Å². The molecule has 1 rings (SSSR count). The lowest BCUT2D eigenvalue weighted by molar-refractivity contribution is -0.141. The van der Waals surface area contributed by atoms with E-state index in [9.17, 15) is 9.59 Å². The van der Waals surface area contributed by atoms with Crippen molar-refractivity contribution in [2.45, 2.75) is 59.5 Å². The lowest BCUT2D eigenvalue weighted by atomic mass is 9.92. The van der Waals surface area contributed by atoms with Crippen LogP contribution in [0.15, 0.2) is 0 Å². The van der Waals surface area contributed by atoms with E-state index < -0.39 is 0 Å². The molecule has 5 nitrogen and oxygen atoms in total. The third-order valence-corrected chi connectivity index (χ3v) is 3.88. The highest BCUT2D eigenvalue weighted by atomic mass is 16.2. The molecule has 0 aliphatic carbocycles. The van der Waals surface area contributed by atoms with Gasteiger partial charge in [0.05, 0.1) is 6.54 Å². The maximum Gasteiger partial charge on any atom is 0.234 e. The molecular weight excluding hydrogens is 266 g/mol. The number of carbonyl (C=O) groups is 2. The van der Waals surface area contributed by atoms with Crippen molar-refractivity contribution in [3.63, 3.8) is 0 Å². The van der Waals surface area contributed by atoms with E-state index in [-0.39, 0.29) is 23.3 Å². The Balaban J connectivity index is 2.42. The Kier molecular flexibility index (Phi) is 6.20. The summed E-state index contributed by atoms with van der Waals surface area (Å²) in [7, 11) is 1.90. The fourth-order valence-electron chi connectivity index (χ4n) is 2.73. The van der Waals surface area contributed by atoms with Crippen LogP contribution in [0.1, 0.15) is 47.5 Å². The third-order valence-electron chi connectivity index (χ3n) is 3.88. The molecule has 1 heterocycles. The summed E-state index contributed by atoms with van der Waals surface area (Å²) in [6.45, 7) is 12.0. The van der Waals surface area contributed by atoms with Gasteiger partial charge < -0.3 is 10.2 Å². The molecule has 122 valence electrons. The van der Waals surface area contributed by atoms with Gasteiger partial charge in [-0.3, -0.25) is 14.5 Å². The van der Waals surface area contributed by atoms with Crippen LogP contribution in [0.3, 0.4) is 0 Å². The minimum Gasteiger partial charge on any atom is -0.353 e. The smallest absolute Gasteiger partial charge is 0.234 e. The van der Waals surface area contributed by atoms with E-state index in [0.717, 1.165) is 25.9 Å². The zero-order chi connectivity index (χ0) is 16.2. The molecule has 1 saturated heterocycles. The van der Waals surface area contributed by atoms with Gasteiger partial charge in [0.15, 0.2) is 0 Å². The molecule has 0 saturated carbocycles. The molecule has 21 heavy (non-hydrogen) atoms. The van der Waals surface area contributed by atoms with E-state index in [2.05, 4.69) is 10.2 Å². The first-order valence-electron chi connectivity index (χ1n) is 7.90. The van der Waals surface area contributed by atoms with Gasteiger partial charge in [-0.1, -0.05) is 20.8 Å². The molecule has 0 aromatic rings. The van der Waals surface area contributed by atoms with Gasteiger partial charge in [0, 0.05) is 37.6 Å². The molecule has 5 heteroatoms. The maximum atomic E-state index is 12.3. The third kappa shape index (κ3) is 5.65. The van der Waals surface area contributed by atoms with Gasteiger partial charge in [-0.2, -0.15) is 0 Å². The molecule has 0 unspecified atom stereocenters. The predicted molar refractivity (Wildman–Crippen MR) is 85.0 cm³/mol. The van der Waals surface area contributed by atoms with Crippen LogP contribution in [0, 0.1) is 5.41 Å². The molecule has 1 fully saturated rings. The number of piperidine rings is 1. The molecule has 0 bridgehead atoms. The van der Waals surface area contributed by atoms with Gasteiger partial charge in [0.2, 0.25) is 11.8 Å². The first-order valence-corrected chi connectivity index (χ1v) is 7.90.